The van der Waals surface area contributed by atoms with Crippen LogP contribution in [0.25, 0.3) is 0 Å². The van der Waals surface area contributed by atoms with E-state index in [0.29, 0.717) is 24.7 Å². The van der Waals surface area contributed by atoms with Gasteiger partial charge in [-0.2, -0.15) is 0 Å². The zero-order chi connectivity index (χ0) is 60.0. The summed E-state index contributed by atoms with van der Waals surface area (Å²) in [6.45, 7) is 27.0. The zero-order valence-corrected chi connectivity index (χ0v) is 51.5. The van der Waals surface area contributed by atoms with E-state index in [-0.39, 0.29) is 78.5 Å². The largest absolute Gasteiger partial charge is 0.412 e. The zero-order valence-electron chi connectivity index (χ0n) is 48.6. The van der Waals surface area contributed by atoms with Gasteiger partial charge >= 0.3 is 0 Å². The molecule has 0 rings (SSSR count). The Labute approximate surface area is 471 Å². The van der Waals surface area contributed by atoms with E-state index in [1.807, 2.05) is 76.2 Å². The number of isocyanates is 6. The predicted octanol–water partition coefficient (Wildman–Crippen LogP) is 5.47. The summed E-state index contributed by atoms with van der Waals surface area (Å²) in [6.07, 6.45) is 16.1. The summed E-state index contributed by atoms with van der Waals surface area (Å²) in [4.78, 5) is 70.9. The first-order chi connectivity index (χ1) is 33.3. The standard InChI is InChI=1S/C17H36O3.6C2H3NO.C2H6O.5C2H6.2CH4O2.3CH4O.2CH4.H2O.Y/c1-4-8-15(17(20)5-2)10-6-9-14(3)13-16(19)11-7-12-18;6*1-3-2-4;1-2-3;5*1-2;2*2-1-3;3*1-2;;;;/h14-20H,4-13H2,1-3H3;6*1H3;3H,2H2,1H3;5*1-2H3;2*2-3H,1H2;3*2H,1H3;2*1H4;1H2;. The van der Waals surface area contributed by atoms with Crippen molar-refractivity contribution < 1.29 is 123 Å². The number of aliphatic hydroxyl groups excluding tert-OH is 9. The van der Waals surface area contributed by atoms with E-state index >= 15 is 0 Å². The topological polar surface area (TPSA) is 431 Å². The smallest absolute Gasteiger partial charge is 0.234 e. The molecule has 0 aromatic rings. The van der Waals surface area contributed by atoms with Crippen LogP contribution in [0.4, 0.5) is 0 Å². The van der Waals surface area contributed by atoms with Crippen molar-refractivity contribution in [3.05, 3.63) is 0 Å². The molecule has 4 atom stereocenters. The van der Waals surface area contributed by atoms with E-state index in [1.54, 1.807) is 6.92 Å². The van der Waals surface area contributed by atoms with Crippen LogP contribution in [0.1, 0.15) is 170 Å². The van der Waals surface area contributed by atoms with Crippen LogP contribution in [0, 0.1) is 11.8 Å². The van der Waals surface area contributed by atoms with Crippen molar-refractivity contribution in [3.63, 3.8) is 0 Å². The Morgan fingerprint density at radius 3 is 0.795 bits per heavy atom. The summed E-state index contributed by atoms with van der Waals surface area (Å²) in [7, 11) is 11.3. The molecule has 0 spiro atoms. The second kappa shape index (κ2) is 276. The van der Waals surface area contributed by atoms with Crippen LogP contribution >= 0.6 is 0 Å². The molecule has 0 saturated heterocycles. The third kappa shape index (κ3) is 460. The van der Waals surface area contributed by atoms with Gasteiger partial charge in [0.25, 0.3) is 0 Å². The Hall–Kier alpha value is -3.10. The number of hydrogen-bond donors (Lipinski definition) is 11. The maximum absolute atomic E-state index is 9.99. The van der Waals surface area contributed by atoms with Gasteiger partial charge in [-0.25, -0.2) is 58.7 Å². The van der Waals surface area contributed by atoms with Gasteiger partial charge in [0.05, 0.1) is 12.2 Å². The van der Waals surface area contributed by atoms with Crippen LogP contribution in [-0.2, 0) is 61.5 Å². The molecule has 0 heterocycles. The molecule has 13 N–H and O–H groups in total. The molecule has 0 aromatic carbocycles. The van der Waals surface area contributed by atoms with Crippen molar-refractivity contribution in [2.24, 2.45) is 41.8 Å². The fraction of sp³-hybridized carbons (Fsp3) is 0.875. The van der Waals surface area contributed by atoms with Crippen LogP contribution < -0.4 is 0 Å². The molecule has 0 bridgehead atoms. The van der Waals surface area contributed by atoms with Crippen LogP contribution in [0.3, 0.4) is 0 Å². The molecule has 4 unspecified atom stereocenters. The van der Waals surface area contributed by atoms with Gasteiger partial charge in [-0.3, -0.25) is 0 Å². The van der Waals surface area contributed by atoms with Crippen molar-refractivity contribution in [2.45, 2.75) is 182 Å². The predicted molar refractivity (Wildman–Crippen MR) is 299 cm³/mol. The molecule has 0 aliphatic rings. The number of carbonyl (C=O) groups excluding carboxylic acids is 6. The van der Waals surface area contributed by atoms with Gasteiger partial charge in [0.2, 0.25) is 36.5 Å². The van der Waals surface area contributed by atoms with Crippen LogP contribution in [0.5, 0.6) is 0 Å². The minimum absolute atomic E-state index is 0. The molecule has 0 amide bonds. The van der Waals surface area contributed by atoms with Crippen LogP contribution in [0.2, 0.25) is 0 Å². The molecule has 0 aliphatic heterocycles. The van der Waals surface area contributed by atoms with Crippen LogP contribution in [0.15, 0.2) is 30.0 Å². The maximum atomic E-state index is 9.99. The maximum Gasteiger partial charge on any atom is 0.234 e. The number of hydrogen-bond acceptors (Lipinski definition) is 23. The van der Waals surface area contributed by atoms with Gasteiger partial charge in [-0.05, 0) is 57.3 Å². The van der Waals surface area contributed by atoms with Gasteiger partial charge in [0.15, 0.2) is 0 Å². The Bertz CT molecular complexity index is 808. The average molecular weight is 1160 g/mol. The quantitative estimate of drug-likeness (QED) is 0.0618. The molecule has 73 heavy (non-hydrogen) atoms. The third-order valence-corrected chi connectivity index (χ3v) is 4.81. The van der Waals surface area contributed by atoms with Gasteiger partial charge in [0.1, 0.15) is 13.6 Å². The molecule has 453 valence electrons. The second-order valence-corrected chi connectivity index (χ2v) is 8.80. The third-order valence-electron chi connectivity index (χ3n) is 4.81. The molecular formula is C48H120N6O18Y. The molecule has 25 heteroatoms. The van der Waals surface area contributed by atoms with Crippen molar-refractivity contribution in [1.82, 2.24) is 0 Å². The Morgan fingerprint density at radius 2 is 0.644 bits per heavy atom. The SMILES string of the molecule is C.C.CC.CC.CC.CC.CC.CCCC(CCCC(C)CC(O)CCCO)C(O)CC.CCO.CN=C=O.CN=C=O.CN=C=O.CN=C=O.CN=C=O.CN=C=O.CO.CO.CO.O.OCO.OCO.[Y]. The van der Waals surface area contributed by atoms with Gasteiger partial charge in [-0.1, -0.05) is 124 Å². The summed E-state index contributed by atoms with van der Waals surface area (Å²) < 4.78 is 0. The summed E-state index contributed by atoms with van der Waals surface area (Å²) >= 11 is 0. The minimum Gasteiger partial charge on any atom is -0.412 e. The van der Waals surface area contributed by atoms with Crippen molar-refractivity contribution >= 4 is 36.5 Å². The van der Waals surface area contributed by atoms with E-state index in [0.717, 1.165) is 66.3 Å². The average Bonchev–Trinajstić information content (AvgIpc) is 3.43. The molecule has 0 fully saturated rings. The van der Waals surface area contributed by atoms with Gasteiger partial charge in [-0.15, -0.1) is 0 Å². The summed E-state index contributed by atoms with van der Waals surface area (Å²) in [5, 5.41) is 85.6. The number of aliphatic imine (C=N–C) groups is 6. The van der Waals surface area contributed by atoms with E-state index in [1.165, 1.54) is 78.8 Å². The molecule has 1 radical (unpaired) electrons. The van der Waals surface area contributed by atoms with E-state index in [4.69, 9.17) is 74.7 Å². The first-order valence-corrected chi connectivity index (χ1v) is 22.4. The summed E-state index contributed by atoms with van der Waals surface area (Å²) in [6, 6.07) is 0. The molecular weight excluding hydrogens is 1040 g/mol. The minimum atomic E-state index is -0.750. The Kier molecular flexibility index (Phi) is 548. The summed E-state index contributed by atoms with van der Waals surface area (Å²) in [5.41, 5.74) is 0. The number of aliphatic hydroxyl groups is 11. The fourth-order valence-electron chi connectivity index (χ4n) is 2.99. The molecule has 0 aliphatic carbocycles. The van der Waals surface area contributed by atoms with Crippen molar-refractivity contribution in [1.29, 1.82) is 0 Å². The van der Waals surface area contributed by atoms with Crippen molar-refractivity contribution in [2.75, 3.05) is 90.4 Å². The first kappa shape index (κ1) is 145. The number of nitrogens with zero attached hydrogens (tertiary/aromatic N) is 6. The van der Waals surface area contributed by atoms with E-state index in [9.17, 15) is 10.2 Å². The van der Waals surface area contributed by atoms with E-state index < -0.39 is 13.6 Å². The Balaban J connectivity index is -0.0000000209. The molecule has 0 saturated carbocycles. The molecule has 24 nitrogen and oxygen atoms in total. The second-order valence-electron chi connectivity index (χ2n) is 8.80. The van der Waals surface area contributed by atoms with Crippen molar-refractivity contribution in [3.8, 4) is 0 Å². The van der Waals surface area contributed by atoms with Gasteiger partial charge < -0.3 is 61.6 Å². The van der Waals surface area contributed by atoms with Gasteiger partial charge in [0, 0.05) is 110 Å². The monoisotopic (exact) mass is 1160 g/mol. The summed E-state index contributed by atoms with van der Waals surface area (Å²) in [5.74, 6) is 0.959. The van der Waals surface area contributed by atoms with E-state index in [2.05, 4.69) is 43.8 Å². The number of rotatable bonds is 13. The molecule has 0 aromatic heterocycles. The fourth-order valence-corrected chi connectivity index (χ4v) is 2.99. The normalized spacial score (nSPS) is 7.64. The first-order valence-electron chi connectivity index (χ1n) is 22.4. The Morgan fingerprint density at radius 1 is 0.438 bits per heavy atom. The van der Waals surface area contributed by atoms with Crippen LogP contribution in [-0.4, -0.2) is 201 Å².